The van der Waals surface area contributed by atoms with Gasteiger partial charge in [0.2, 0.25) is 0 Å². The lowest BCUT2D eigenvalue weighted by Gasteiger charge is -2.29. The molecule has 0 saturated carbocycles. The highest BCUT2D eigenvalue weighted by Gasteiger charge is 2.10. The van der Waals surface area contributed by atoms with E-state index in [1.807, 2.05) is 24.3 Å². The Morgan fingerprint density at radius 3 is 1.65 bits per heavy atom. The van der Waals surface area contributed by atoms with E-state index in [9.17, 15) is 0 Å². The van der Waals surface area contributed by atoms with Crippen LogP contribution in [0.3, 0.4) is 0 Å². The minimum Gasteiger partial charge on any atom is -0.299 e. The monoisotopic (exact) mass is 273 g/mol. The molecule has 0 fully saturated rings. The molecule has 0 aliphatic heterocycles. The van der Waals surface area contributed by atoms with E-state index in [2.05, 4.69) is 49.5 Å². The number of rotatable bonds is 4. The number of fused-ring (bicyclic) bond motifs is 1. The van der Waals surface area contributed by atoms with Gasteiger partial charge < -0.3 is 0 Å². The number of aromatic nitrogens is 2. The van der Waals surface area contributed by atoms with Crippen LogP contribution < -0.4 is 0 Å². The summed E-state index contributed by atoms with van der Waals surface area (Å²) in [5.74, 6) is 0. The van der Waals surface area contributed by atoms with Crippen LogP contribution >= 0.6 is 0 Å². The van der Waals surface area contributed by atoms with Crippen LogP contribution in [0.1, 0.15) is 41.0 Å². The first kappa shape index (κ1) is 16.6. The van der Waals surface area contributed by atoms with Crippen LogP contribution in [0.2, 0.25) is 0 Å². The Hall–Kier alpha value is -1.48. The van der Waals surface area contributed by atoms with E-state index < -0.39 is 0 Å². The van der Waals surface area contributed by atoms with Crippen molar-refractivity contribution < 1.29 is 0 Å². The molecule has 1 aromatic heterocycles. The number of para-hydroxylation sites is 2. The summed E-state index contributed by atoms with van der Waals surface area (Å²) in [5.41, 5.74) is 1.90. The fraction of sp³-hybridized carbons (Fsp3) is 0.529. The molecule has 0 unspecified atom stereocenters. The van der Waals surface area contributed by atoms with Gasteiger partial charge in [-0.15, -0.1) is 0 Å². The van der Waals surface area contributed by atoms with Crippen molar-refractivity contribution in [1.29, 1.82) is 0 Å². The zero-order valence-electron chi connectivity index (χ0n) is 13.4. The van der Waals surface area contributed by atoms with Crippen molar-refractivity contribution in [2.45, 2.75) is 53.1 Å². The summed E-state index contributed by atoms with van der Waals surface area (Å²) in [6.07, 6.45) is 4.65. The number of benzene rings is 1. The molecule has 0 N–H and O–H groups in total. The fourth-order valence-corrected chi connectivity index (χ4v) is 2.28. The first-order valence-corrected chi connectivity index (χ1v) is 7.47. The molecule has 1 aromatic carbocycles. The second kappa shape index (κ2) is 8.64. The molecule has 0 spiro atoms. The normalized spacial score (nSPS) is 11.0. The minimum atomic E-state index is 0.694. The highest BCUT2D eigenvalue weighted by atomic mass is 15.2. The molecule has 110 valence electrons. The molecule has 20 heavy (non-hydrogen) atoms. The Bertz CT molecular complexity index is 421. The van der Waals surface area contributed by atoms with Gasteiger partial charge in [0.15, 0.2) is 0 Å². The van der Waals surface area contributed by atoms with Crippen molar-refractivity contribution in [3.63, 3.8) is 0 Å². The van der Waals surface area contributed by atoms with Gasteiger partial charge in [0.25, 0.3) is 0 Å². The third-order valence-corrected chi connectivity index (χ3v) is 3.18. The lowest BCUT2D eigenvalue weighted by atomic mass is 10.2. The van der Waals surface area contributed by atoms with Crippen LogP contribution in [-0.4, -0.2) is 33.5 Å². The summed E-state index contributed by atoms with van der Waals surface area (Å²) >= 11 is 0. The lowest BCUT2D eigenvalue weighted by Crippen LogP contribution is -2.37. The van der Waals surface area contributed by atoms with Crippen LogP contribution in [0.25, 0.3) is 11.0 Å². The Kier molecular flexibility index (Phi) is 7.16. The predicted molar refractivity (Wildman–Crippen MR) is 86.8 cm³/mol. The molecule has 0 aliphatic rings. The van der Waals surface area contributed by atoms with Gasteiger partial charge >= 0.3 is 0 Å². The molecule has 0 aliphatic carbocycles. The number of nitrogens with zero attached hydrogens (tertiary/aromatic N) is 3. The highest BCUT2D eigenvalue weighted by Crippen LogP contribution is 2.05. The van der Waals surface area contributed by atoms with Crippen molar-refractivity contribution in [1.82, 2.24) is 14.9 Å². The standard InChI is InChI=1S/C9H21N.C8H6N2/c1-6-7-10(8(2)3)9(4)5;1-2-4-8-7(3-1)9-5-6-10-8/h8-9H,6-7H2,1-5H3;1-6H. The highest BCUT2D eigenvalue weighted by molar-refractivity contribution is 5.72. The second-order valence-electron chi connectivity index (χ2n) is 5.47. The van der Waals surface area contributed by atoms with Crippen molar-refractivity contribution in [2.75, 3.05) is 6.54 Å². The quantitative estimate of drug-likeness (QED) is 0.838. The van der Waals surface area contributed by atoms with Gasteiger partial charge in [0.05, 0.1) is 11.0 Å². The average Bonchev–Trinajstić information content (AvgIpc) is 2.45. The smallest absolute Gasteiger partial charge is 0.0886 e. The third kappa shape index (κ3) is 5.25. The van der Waals surface area contributed by atoms with Gasteiger partial charge in [-0.05, 0) is 52.8 Å². The fourth-order valence-electron chi connectivity index (χ4n) is 2.28. The van der Waals surface area contributed by atoms with Crippen LogP contribution in [0.5, 0.6) is 0 Å². The Balaban J connectivity index is 0.000000200. The van der Waals surface area contributed by atoms with Crippen molar-refractivity contribution in [3.8, 4) is 0 Å². The summed E-state index contributed by atoms with van der Waals surface area (Å²) < 4.78 is 0. The van der Waals surface area contributed by atoms with Crippen LogP contribution in [0, 0.1) is 0 Å². The number of hydrogen-bond acceptors (Lipinski definition) is 3. The summed E-state index contributed by atoms with van der Waals surface area (Å²) in [6, 6.07) is 9.19. The molecule has 1 heterocycles. The van der Waals surface area contributed by atoms with E-state index in [1.54, 1.807) is 12.4 Å². The summed E-state index contributed by atoms with van der Waals surface area (Å²) in [7, 11) is 0. The SMILES string of the molecule is CCCN(C(C)C)C(C)C.c1ccc2nccnc2c1. The zero-order chi connectivity index (χ0) is 15.0. The molecular weight excluding hydrogens is 246 g/mol. The van der Waals surface area contributed by atoms with Crippen LogP contribution in [0.4, 0.5) is 0 Å². The largest absolute Gasteiger partial charge is 0.299 e. The summed E-state index contributed by atoms with van der Waals surface area (Å²) in [5, 5.41) is 0. The van der Waals surface area contributed by atoms with E-state index in [0.29, 0.717) is 12.1 Å². The van der Waals surface area contributed by atoms with Crippen molar-refractivity contribution in [2.24, 2.45) is 0 Å². The molecule has 0 atom stereocenters. The van der Waals surface area contributed by atoms with Gasteiger partial charge in [0, 0.05) is 24.5 Å². The maximum atomic E-state index is 4.12. The average molecular weight is 273 g/mol. The molecule has 3 nitrogen and oxygen atoms in total. The van der Waals surface area contributed by atoms with E-state index >= 15 is 0 Å². The zero-order valence-corrected chi connectivity index (χ0v) is 13.4. The Morgan fingerprint density at radius 2 is 1.35 bits per heavy atom. The maximum Gasteiger partial charge on any atom is 0.0886 e. The topological polar surface area (TPSA) is 29.0 Å². The van der Waals surface area contributed by atoms with Crippen LogP contribution in [-0.2, 0) is 0 Å². The number of hydrogen-bond donors (Lipinski definition) is 0. The molecule has 0 radical (unpaired) electrons. The molecule has 0 bridgehead atoms. The second-order valence-corrected chi connectivity index (χ2v) is 5.47. The molecule has 0 amide bonds. The van der Waals surface area contributed by atoms with E-state index in [1.165, 1.54) is 13.0 Å². The first-order valence-electron chi connectivity index (χ1n) is 7.47. The summed E-state index contributed by atoms with van der Waals surface area (Å²) in [6.45, 7) is 12.5. The lowest BCUT2D eigenvalue weighted by molar-refractivity contribution is 0.175. The summed E-state index contributed by atoms with van der Waals surface area (Å²) in [4.78, 5) is 10.8. The maximum absolute atomic E-state index is 4.12. The van der Waals surface area contributed by atoms with E-state index in [0.717, 1.165) is 11.0 Å². The minimum absolute atomic E-state index is 0.694. The van der Waals surface area contributed by atoms with Gasteiger partial charge in [-0.3, -0.25) is 14.9 Å². The van der Waals surface area contributed by atoms with Gasteiger partial charge in [-0.2, -0.15) is 0 Å². The van der Waals surface area contributed by atoms with E-state index in [-0.39, 0.29) is 0 Å². The predicted octanol–water partition coefficient (Wildman–Crippen LogP) is 4.15. The van der Waals surface area contributed by atoms with Crippen molar-refractivity contribution >= 4 is 11.0 Å². The van der Waals surface area contributed by atoms with Gasteiger partial charge in [-0.25, -0.2) is 0 Å². The molecule has 2 aromatic rings. The molecule has 2 rings (SSSR count). The Morgan fingerprint density at radius 1 is 0.900 bits per heavy atom. The van der Waals surface area contributed by atoms with Crippen molar-refractivity contribution in [3.05, 3.63) is 36.7 Å². The van der Waals surface area contributed by atoms with Gasteiger partial charge in [-0.1, -0.05) is 19.1 Å². The Labute approximate surface area is 123 Å². The van der Waals surface area contributed by atoms with Crippen LogP contribution in [0.15, 0.2) is 36.7 Å². The first-order chi connectivity index (χ1) is 9.56. The van der Waals surface area contributed by atoms with E-state index in [4.69, 9.17) is 0 Å². The third-order valence-electron chi connectivity index (χ3n) is 3.18. The molecule has 3 heteroatoms. The van der Waals surface area contributed by atoms with Gasteiger partial charge in [0.1, 0.15) is 0 Å². The molecular formula is C17H27N3. The molecule has 0 saturated heterocycles.